The smallest absolute Gasteiger partial charge is 0.299 e. The van der Waals surface area contributed by atoms with Gasteiger partial charge in [0.25, 0.3) is 11.5 Å². The lowest BCUT2D eigenvalue weighted by Crippen LogP contribution is -2.26. The lowest BCUT2D eigenvalue weighted by molar-refractivity contribution is 0.0802. The number of carbonyl (C=O) groups is 1. The first-order valence-electron chi connectivity index (χ1n) is 12.5. The maximum Gasteiger partial charge on any atom is 0.299 e. The predicted octanol–water partition coefficient (Wildman–Crippen LogP) is 5.99. The monoisotopic (exact) mass is 512 g/mol. The number of nitrogens with one attached hydrogen (secondary N) is 1. The normalized spacial score (nSPS) is 10.8. The molecule has 0 radical (unpaired) electrons. The van der Waals surface area contributed by atoms with Gasteiger partial charge in [0, 0.05) is 24.8 Å². The van der Waals surface area contributed by atoms with Gasteiger partial charge in [-0.25, -0.2) is 0 Å². The van der Waals surface area contributed by atoms with E-state index in [-0.39, 0.29) is 17.3 Å². The molecule has 0 aliphatic heterocycles. The zero-order chi connectivity index (χ0) is 27.2. The first-order valence-corrected chi connectivity index (χ1v) is 12.5. The number of amides is 1. The second-order valence-electron chi connectivity index (χ2n) is 9.15. The van der Waals surface area contributed by atoms with Crippen molar-refractivity contribution in [2.75, 3.05) is 26.0 Å². The van der Waals surface area contributed by atoms with Crippen LogP contribution in [0, 0.1) is 0 Å². The third-order valence-electron chi connectivity index (χ3n) is 6.23. The fourth-order valence-electron chi connectivity index (χ4n) is 3.81. The molecule has 0 saturated carbocycles. The van der Waals surface area contributed by atoms with Crippen LogP contribution in [0.25, 0.3) is 5.69 Å². The summed E-state index contributed by atoms with van der Waals surface area (Å²) in [5.74, 6) is 1.82. The predicted molar refractivity (Wildman–Crippen MR) is 149 cm³/mol. The Balaban J connectivity index is 1.73. The van der Waals surface area contributed by atoms with Crippen molar-refractivity contribution in [1.29, 1.82) is 0 Å². The highest BCUT2D eigenvalue weighted by Crippen LogP contribution is 2.30. The van der Waals surface area contributed by atoms with E-state index in [0.29, 0.717) is 40.9 Å². The average Bonchev–Trinajstić information content (AvgIpc) is 2.94. The minimum Gasteiger partial charge on any atom is -0.497 e. The highest BCUT2D eigenvalue weighted by molar-refractivity contribution is 5.94. The first-order chi connectivity index (χ1) is 18.3. The summed E-state index contributed by atoms with van der Waals surface area (Å²) in [6.07, 6.45) is 1.52. The molecule has 0 aliphatic rings. The number of nitrogens with zero attached hydrogens (tertiary/aromatic N) is 3. The van der Waals surface area contributed by atoms with Gasteiger partial charge >= 0.3 is 0 Å². The number of aromatic nitrogens is 2. The molecule has 0 saturated heterocycles. The van der Waals surface area contributed by atoms with E-state index < -0.39 is 5.56 Å². The molecule has 0 bridgehead atoms. The summed E-state index contributed by atoms with van der Waals surface area (Å²) >= 11 is 0. The Labute approximate surface area is 222 Å². The molecular weight excluding hydrogens is 480 g/mol. The van der Waals surface area contributed by atoms with Gasteiger partial charge in [-0.2, -0.15) is 9.78 Å². The second kappa shape index (κ2) is 11.6. The van der Waals surface area contributed by atoms with Gasteiger partial charge in [-0.05, 0) is 79.1 Å². The van der Waals surface area contributed by atoms with Gasteiger partial charge in [-0.15, -0.1) is 0 Å². The lowest BCUT2D eigenvalue weighted by Gasteiger charge is -2.16. The molecule has 38 heavy (non-hydrogen) atoms. The summed E-state index contributed by atoms with van der Waals surface area (Å²) in [5, 5.41) is 7.57. The van der Waals surface area contributed by atoms with Crippen molar-refractivity contribution in [1.82, 2.24) is 14.7 Å². The van der Waals surface area contributed by atoms with Gasteiger partial charge in [-0.3, -0.25) is 9.59 Å². The van der Waals surface area contributed by atoms with E-state index >= 15 is 0 Å². The van der Waals surface area contributed by atoms with E-state index in [1.54, 1.807) is 67.6 Å². The van der Waals surface area contributed by atoms with Gasteiger partial charge < -0.3 is 19.7 Å². The van der Waals surface area contributed by atoms with Crippen LogP contribution < -0.4 is 20.3 Å². The molecule has 0 fully saturated rings. The summed E-state index contributed by atoms with van der Waals surface area (Å²) in [6, 6.07) is 21.8. The number of methoxy groups -OCH3 is 1. The summed E-state index contributed by atoms with van der Waals surface area (Å²) in [5.41, 5.74) is 2.72. The molecule has 8 heteroatoms. The van der Waals surface area contributed by atoms with E-state index in [9.17, 15) is 9.59 Å². The molecule has 1 amide bonds. The van der Waals surface area contributed by atoms with Crippen LogP contribution in [-0.2, 0) is 0 Å². The van der Waals surface area contributed by atoms with Crippen LogP contribution in [-0.4, -0.2) is 41.3 Å². The van der Waals surface area contributed by atoms with E-state index in [1.165, 1.54) is 10.9 Å². The van der Waals surface area contributed by atoms with E-state index in [4.69, 9.17) is 9.47 Å². The van der Waals surface area contributed by atoms with Crippen LogP contribution in [0.15, 0.2) is 83.8 Å². The minimum absolute atomic E-state index is 0.0705. The highest BCUT2D eigenvalue weighted by Gasteiger charge is 2.17. The number of benzene rings is 3. The van der Waals surface area contributed by atoms with Crippen molar-refractivity contribution in [3.05, 3.63) is 100 Å². The Bertz CT molecular complexity index is 1460. The number of ether oxygens (including phenoxy) is 2. The van der Waals surface area contributed by atoms with Gasteiger partial charge in [0.2, 0.25) is 0 Å². The fraction of sp³-hybridized carbons (Fsp3) is 0.233. The molecule has 1 N–H and O–H groups in total. The van der Waals surface area contributed by atoms with Crippen LogP contribution >= 0.6 is 0 Å². The molecule has 0 aliphatic carbocycles. The van der Waals surface area contributed by atoms with E-state index in [2.05, 4.69) is 24.3 Å². The standard InChI is InChI=1S/C30H32N4O4/c1-6-33(4)29(35)21-10-12-23(13-11-21)32-28-27(38-26-9-7-8-22(18-26)20(2)3)19-31-34(30(28)36)24-14-16-25(37-5)17-15-24/h7-20,32H,6H2,1-5H3. The molecule has 3 aromatic carbocycles. The van der Waals surface area contributed by atoms with E-state index in [1.807, 2.05) is 31.2 Å². The molecule has 1 aromatic heterocycles. The molecule has 196 valence electrons. The molecule has 0 atom stereocenters. The first kappa shape index (κ1) is 26.5. The SMILES string of the molecule is CCN(C)C(=O)c1ccc(Nc2c(Oc3cccc(C(C)C)c3)cnn(-c3ccc(OC)cc3)c2=O)cc1. The van der Waals surface area contributed by atoms with Crippen LogP contribution in [0.2, 0.25) is 0 Å². The molecule has 4 aromatic rings. The van der Waals surface area contributed by atoms with Crippen LogP contribution in [0.5, 0.6) is 17.2 Å². The largest absolute Gasteiger partial charge is 0.497 e. The van der Waals surface area contributed by atoms with E-state index in [0.717, 1.165) is 5.56 Å². The number of hydrogen-bond acceptors (Lipinski definition) is 6. The Morgan fingerprint density at radius 2 is 1.74 bits per heavy atom. The maximum absolute atomic E-state index is 13.7. The number of rotatable bonds is 9. The quantitative estimate of drug-likeness (QED) is 0.296. The summed E-state index contributed by atoms with van der Waals surface area (Å²) in [6.45, 7) is 6.75. The van der Waals surface area contributed by atoms with Gasteiger partial charge in [0.1, 0.15) is 11.5 Å². The van der Waals surface area contributed by atoms with Crippen LogP contribution in [0.4, 0.5) is 11.4 Å². The Morgan fingerprint density at radius 3 is 2.37 bits per heavy atom. The average molecular weight is 513 g/mol. The molecular formula is C30H32N4O4. The van der Waals surface area contributed by atoms with Gasteiger partial charge in [-0.1, -0.05) is 26.0 Å². The molecule has 8 nitrogen and oxygen atoms in total. The van der Waals surface area contributed by atoms with Crippen molar-refractivity contribution < 1.29 is 14.3 Å². The van der Waals surface area contributed by atoms with Crippen molar-refractivity contribution in [3.8, 4) is 22.9 Å². The molecule has 4 rings (SSSR count). The van der Waals surface area contributed by atoms with Gasteiger partial charge in [0.05, 0.1) is 19.0 Å². The van der Waals surface area contributed by atoms with Crippen LogP contribution in [0.3, 0.4) is 0 Å². The molecule has 0 spiro atoms. The molecule has 0 unspecified atom stereocenters. The Morgan fingerprint density at radius 1 is 1.03 bits per heavy atom. The number of carbonyl (C=O) groups excluding carboxylic acids is 1. The molecule has 1 heterocycles. The Hall–Kier alpha value is -4.59. The maximum atomic E-state index is 13.7. The summed E-state index contributed by atoms with van der Waals surface area (Å²) in [7, 11) is 3.34. The van der Waals surface area contributed by atoms with Gasteiger partial charge in [0.15, 0.2) is 11.4 Å². The van der Waals surface area contributed by atoms with Crippen LogP contribution in [0.1, 0.15) is 42.6 Å². The summed E-state index contributed by atoms with van der Waals surface area (Å²) < 4.78 is 12.7. The number of anilines is 2. The zero-order valence-corrected chi connectivity index (χ0v) is 22.3. The zero-order valence-electron chi connectivity index (χ0n) is 22.3. The van der Waals surface area contributed by atoms with Crippen molar-refractivity contribution in [3.63, 3.8) is 0 Å². The highest BCUT2D eigenvalue weighted by atomic mass is 16.5. The topological polar surface area (TPSA) is 85.7 Å². The summed E-state index contributed by atoms with van der Waals surface area (Å²) in [4.78, 5) is 27.8. The second-order valence-corrected chi connectivity index (χ2v) is 9.15. The third-order valence-corrected chi connectivity index (χ3v) is 6.23. The minimum atomic E-state index is -0.390. The van der Waals surface area contributed by atoms with Crippen molar-refractivity contribution in [2.45, 2.75) is 26.7 Å². The Kier molecular flexibility index (Phi) is 8.11. The third kappa shape index (κ3) is 5.86. The number of hydrogen-bond donors (Lipinski definition) is 1. The fourth-order valence-corrected chi connectivity index (χ4v) is 3.81. The van der Waals surface area contributed by atoms with Crippen molar-refractivity contribution in [2.24, 2.45) is 0 Å². The van der Waals surface area contributed by atoms with Crippen molar-refractivity contribution >= 4 is 17.3 Å². The lowest BCUT2D eigenvalue weighted by atomic mass is 10.0.